The molecule has 0 saturated carbocycles. The second-order valence-corrected chi connectivity index (χ2v) is 9.18. The Balaban J connectivity index is 1.94. The third-order valence-corrected chi connectivity index (χ3v) is 6.09. The lowest BCUT2D eigenvalue weighted by atomic mass is 10.0. The molecule has 7 nitrogen and oxygen atoms in total. The van der Waals surface area contributed by atoms with Crippen molar-refractivity contribution in [2.24, 2.45) is 0 Å². The van der Waals surface area contributed by atoms with E-state index in [4.69, 9.17) is 9.47 Å². The van der Waals surface area contributed by atoms with E-state index in [9.17, 15) is 19.5 Å². The van der Waals surface area contributed by atoms with Crippen molar-refractivity contribution >= 4 is 17.7 Å². The average molecular weight is 471 g/mol. The van der Waals surface area contributed by atoms with Crippen molar-refractivity contribution in [2.75, 3.05) is 13.2 Å². The number of esters is 2. The lowest BCUT2D eigenvalue weighted by molar-refractivity contribution is -0.156. The van der Waals surface area contributed by atoms with Crippen molar-refractivity contribution in [1.82, 2.24) is 0 Å². The molecular formula is C26H46O7. The molecule has 0 aromatic heterocycles. The first-order chi connectivity index (χ1) is 16.0. The van der Waals surface area contributed by atoms with E-state index in [2.05, 4.69) is 11.7 Å². The Bertz CT molecular complexity index is 549. The minimum absolute atomic E-state index is 0.302. The predicted octanol–water partition coefficient (Wildman–Crippen LogP) is 5.05. The first kappa shape index (κ1) is 29.6. The van der Waals surface area contributed by atoms with Crippen LogP contribution in [0.25, 0.3) is 0 Å². The normalized spacial score (nSPS) is 19.0. The van der Waals surface area contributed by atoms with E-state index in [0.717, 1.165) is 19.3 Å². The maximum absolute atomic E-state index is 12.2. The summed E-state index contributed by atoms with van der Waals surface area (Å²) in [6.45, 7) is 3.36. The molecule has 0 spiro atoms. The molecular weight excluding hydrogens is 424 g/mol. The van der Waals surface area contributed by atoms with Crippen molar-refractivity contribution in [1.29, 1.82) is 0 Å². The molecule has 1 N–H and O–H groups in total. The van der Waals surface area contributed by atoms with Gasteiger partial charge in [-0.1, -0.05) is 103 Å². The summed E-state index contributed by atoms with van der Waals surface area (Å²) in [4.78, 5) is 34.9. The van der Waals surface area contributed by atoms with E-state index < -0.39 is 42.6 Å². The Labute approximate surface area is 199 Å². The zero-order valence-corrected chi connectivity index (χ0v) is 20.9. The minimum atomic E-state index is -1.38. The Morgan fingerprint density at radius 2 is 1.30 bits per heavy atom. The third-order valence-electron chi connectivity index (χ3n) is 6.09. The maximum Gasteiger partial charge on any atom is 0.344 e. The van der Waals surface area contributed by atoms with Crippen LogP contribution >= 0.6 is 0 Å². The molecule has 0 radical (unpaired) electrons. The first-order valence-corrected chi connectivity index (χ1v) is 13.1. The summed E-state index contributed by atoms with van der Waals surface area (Å²) in [5.74, 6) is -1.98. The van der Waals surface area contributed by atoms with Gasteiger partial charge in [0.1, 0.15) is 12.7 Å². The van der Waals surface area contributed by atoms with Crippen LogP contribution in [0.15, 0.2) is 0 Å². The molecule has 1 saturated heterocycles. The average Bonchev–Trinajstić information content (AvgIpc) is 3.07. The van der Waals surface area contributed by atoms with Gasteiger partial charge in [-0.25, -0.2) is 4.79 Å². The summed E-state index contributed by atoms with van der Waals surface area (Å²) in [6.07, 6.45) is 16.4. The molecule has 0 aliphatic carbocycles. The molecule has 0 aromatic rings. The standard InChI is InChI=1S/C26H46O7/c1-3-4-5-6-7-8-9-10-11-12-13-14-15-16-17-18-19-31-25-23(29)24(33-26(25)30)22(28)20-32-21(2)27/h22,24-25,28H,3-20H2,1-2H3/t22-,24+,25?/m0/s1. The molecule has 1 unspecified atom stereocenters. The van der Waals surface area contributed by atoms with Crippen molar-refractivity contribution in [3.63, 3.8) is 0 Å². The molecule has 7 heteroatoms. The summed E-state index contributed by atoms with van der Waals surface area (Å²) in [7, 11) is 0. The fraction of sp³-hybridized carbons (Fsp3) is 0.885. The number of rotatable bonds is 21. The van der Waals surface area contributed by atoms with Gasteiger partial charge in [0.05, 0.1) is 0 Å². The minimum Gasteiger partial charge on any atom is -0.463 e. The molecule has 1 aliphatic heterocycles. The van der Waals surface area contributed by atoms with Gasteiger partial charge in [-0.15, -0.1) is 0 Å². The van der Waals surface area contributed by atoms with E-state index in [1.807, 2.05) is 0 Å². The highest BCUT2D eigenvalue weighted by Gasteiger charge is 2.47. The first-order valence-electron chi connectivity index (χ1n) is 13.1. The molecule has 33 heavy (non-hydrogen) atoms. The van der Waals surface area contributed by atoms with Gasteiger partial charge in [0.15, 0.2) is 6.10 Å². The van der Waals surface area contributed by atoms with Gasteiger partial charge in [-0.05, 0) is 6.42 Å². The molecule has 1 aliphatic rings. The molecule has 1 rings (SSSR count). The van der Waals surface area contributed by atoms with Crippen LogP contribution in [-0.4, -0.2) is 54.4 Å². The van der Waals surface area contributed by atoms with Crippen LogP contribution in [0.3, 0.4) is 0 Å². The summed E-state index contributed by atoms with van der Waals surface area (Å²) in [5.41, 5.74) is 0. The number of ether oxygens (including phenoxy) is 3. The Morgan fingerprint density at radius 3 is 1.76 bits per heavy atom. The number of carbonyl (C=O) groups excluding carboxylic acids is 3. The van der Waals surface area contributed by atoms with Crippen LogP contribution in [0, 0.1) is 0 Å². The quantitative estimate of drug-likeness (QED) is 0.142. The predicted molar refractivity (Wildman–Crippen MR) is 127 cm³/mol. The molecule has 192 valence electrons. The number of hydrogen-bond acceptors (Lipinski definition) is 7. The fourth-order valence-electron chi connectivity index (χ4n) is 4.07. The summed E-state index contributed by atoms with van der Waals surface area (Å²) in [6, 6.07) is 0. The van der Waals surface area contributed by atoms with Crippen LogP contribution in [0.5, 0.6) is 0 Å². The molecule has 0 bridgehead atoms. The van der Waals surface area contributed by atoms with Gasteiger partial charge < -0.3 is 19.3 Å². The highest BCUT2D eigenvalue weighted by atomic mass is 16.6. The van der Waals surface area contributed by atoms with E-state index in [1.54, 1.807) is 0 Å². The second kappa shape index (κ2) is 18.9. The fourth-order valence-corrected chi connectivity index (χ4v) is 4.07. The number of aliphatic hydroxyl groups excluding tert-OH is 1. The van der Waals surface area contributed by atoms with Gasteiger partial charge in [-0.2, -0.15) is 0 Å². The smallest absolute Gasteiger partial charge is 0.344 e. The van der Waals surface area contributed by atoms with E-state index in [-0.39, 0.29) is 0 Å². The molecule has 1 heterocycles. The van der Waals surface area contributed by atoms with Gasteiger partial charge in [-0.3, -0.25) is 9.59 Å². The van der Waals surface area contributed by atoms with Crippen molar-refractivity contribution in [3.8, 4) is 0 Å². The molecule has 1 fully saturated rings. The number of Topliss-reactive ketones (excluding diaryl/α,β-unsaturated/α-hetero) is 1. The summed E-state index contributed by atoms with van der Waals surface area (Å²) < 4.78 is 15.0. The van der Waals surface area contributed by atoms with Crippen molar-refractivity contribution in [2.45, 2.75) is 135 Å². The monoisotopic (exact) mass is 470 g/mol. The maximum atomic E-state index is 12.2. The second-order valence-electron chi connectivity index (χ2n) is 9.18. The highest BCUT2D eigenvalue weighted by Crippen LogP contribution is 2.19. The van der Waals surface area contributed by atoms with Gasteiger partial charge in [0.25, 0.3) is 0 Å². The topological polar surface area (TPSA) is 99.1 Å². The molecule has 0 aromatic carbocycles. The van der Waals surface area contributed by atoms with Crippen molar-refractivity contribution in [3.05, 3.63) is 0 Å². The Kier molecular flexibility index (Phi) is 16.9. The lowest BCUT2D eigenvalue weighted by Gasteiger charge is -2.15. The van der Waals surface area contributed by atoms with Gasteiger partial charge in [0.2, 0.25) is 11.9 Å². The zero-order valence-electron chi connectivity index (χ0n) is 20.9. The number of cyclic esters (lactones) is 1. The number of aliphatic hydroxyl groups is 1. The van der Waals surface area contributed by atoms with Crippen LogP contribution < -0.4 is 0 Å². The lowest BCUT2D eigenvalue weighted by Crippen LogP contribution is -2.38. The zero-order chi connectivity index (χ0) is 24.3. The molecule has 0 amide bonds. The molecule has 3 atom stereocenters. The third kappa shape index (κ3) is 13.7. The highest BCUT2D eigenvalue weighted by molar-refractivity contribution is 6.09. The van der Waals surface area contributed by atoms with Crippen LogP contribution in [0.1, 0.15) is 117 Å². The number of hydrogen-bond donors (Lipinski definition) is 1. The number of carbonyl (C=O) groups is 3. The van der Waals surface area contributed by atoms with Crippen LogP contribution in [-0.2, 0) is 28.6 Å². The van der Waals surface area contributed by atoms with E-state index in [0.29, 0.717) is 6.61 Å². The number of unbranched alkanes of at least 4 members (excludes halogenated alkanes) is 15. The van der Waals surface area contributed by atoms with Crippen LogP contribution in [0.2, 0.25) is 0 Å². The van der Waals surface area contributed by atoms with Gasteiger partial charge >= 0.3 is 11.9 Å². The van der Waals surface area contributed by atoms with E-state index in [1.165, 1.54) is 90.4 Å². The Hall–Kier alpha value is -1.47. The SMILES string of the molecule is CCCCCCCCCCCCCCCCCCOC1C(=O)O[C@H]([C@@H](O)COC(C)=O)C1=O. The summed E-state index contributed by atoms with van der Waals surface area (Å²) in [5, 5.41) is 9.89. The van der Waals surface area contributed by atoms with Gasteiger partial charge in [0, 0.05) is 13.5 Å². The van der Waals surface area contributed by atoms with Crippen LogP contribution in [0.4, 0.5) is 0 Å². The largest absolute Gasteiger partial charge is 0.463 e. The number of ketones is 1. The van der Waals surface area contributed by atoms with E-state index >= 15 is 0 Å². The Morgan fingerprint density at radius 1 is 0.848 bits per heavy atom. The van der Waals surface area contributed by atoms with Crippen molar-refractivity contribution < 1.29 is 33.7 Å². The summed E-state index contributed by atoms with van der Waals surface area (Å²) >= 11 is 0.